The Hall–Kier alpha value is -2.99. The summed E-state index contributed by atoms with van der Waals surface area (Å²) in [6.45, 7) is 0. The number of carbonyl (C=O) groups is 2. The van der Waals surface area contributed by atoms with E-state index in [4.69, 9.17) is 9.47 Å². The fourth-order valence-corrected chi connectivity index (χ4v) is 2.57. The topological polar surface area (TPSA) is 52.6 Å². The van der Waals surface area contributed by atoms with Crippen molar-refractivity contribution in [2.24, 2.45) is 0 Å². The molecule has 26 heavy (non-hydrogen) atoms. The van der Waals surface area contributed by atoms with Crippen LogP contribution in [0.5, 0.6) is 11.5 Å². The molecule has 0 aromatic heterocycles. The van der Waals surface area contributed by atoms with Gasteiger partial charge in [0.1, 0.15) is 5.82 Å². The summed E-state index contributed by atoms with van der Waals surface area (Å²) in [6, 6.07) is 18.3. The van der Waals surface area contributed by atoms with E-state index in [0.717, 1.165) is 10.5 Å². The largest absolute Gasteiger partial charge is 0.419 e. The molecule has 3 aromatic rings. The second-order valence-corrected chi connectivity index (χ2v) is 6.13. The Morgan fingerprint density at radius 1 is 0.769 bits per heavy atom. The van der Waals surface area contributed by atoms with Crippen LogP contribution in [0.2, 0.25) is 0 Å². The van der Waals surface area contributed by atoms with E-state index in [9.17, 15) is 14.0 Å². The van der Waals surface area contributed by atoms with Gasteiger partial charge in [0.05, 0.1) is 11.1 Å². The first kappa shape index (κ1) is 17.8. The van der Waals surface area contributed by atoms with E-state index < -0.39 is 17.8 Å². The first-order chi connectivity index (χ1) is 12.5. The van der Waals surface area contributed by atoms with Gasteiger partial charge < -0.3 is 9.47 Å². The van der Waals surface area contributed by atoms with E-state index in [2.05, 4.69) is 15.9 Å². The second kappa shape index (κ2) is 7.93. The fraction of sp³-hybridized carbons (Fsp3) is 0. The highest BCUT2D eigenvalue weighted by molar-refractivity contribution is 9.10. The average Bonchev–Trinajstić information content (AvgIpc) is 2.63. The van der Waals surface area contributed by atoms with Gasteiger partial charge >= 0.3 is 11.9 Å². The Kier molecular flexibility index (Phi) is 5.43. The van der Waals surface area contributed by atoms with Gasteiger partial charge in [-0.05, 0) is 42.5 Å². The van der Waals surface area contributed by atoms with Gasteiger partial charge in [0.25, 0.3) is 0 Å². The van der Waals surface area contributed by atoms with Gasteiger partial charge in [-0.15, -0.1) is 0 Å². The first-order valence-corrected chi connectivity index (χ1v) is 8.37. The predicted molar refractivity (Wildman–Crippen MR) is 96.9 cm³/mol. The molecule has 6 heteroatoms. The number of para-hydroxylation sites is 2. The molecule has 130 valence electrons. The smallest absolute Gasteiger partial charge is 0.346 e. The highest BCUT2D eigenvalue weighted by Gasteiger charge is 2.18. The number of hydrogen-bond acceptors (Lipinski definition) is 4. The molecule has 0 aliphatic rings. The third kappa shape index (κ3) is 4.15. The van der Waals surface area contributed by atoms with Gasteiger partial charge in [0, 0.05) is 4.47 Å². The van der Waals surface area contributed by atoms with Crippen LogP contribution in [0.1, 0.15) is 20.7 Å². The van der Waals surface area contributed by atoms with Gasteiger partial charge in [0.2, 0.25) is 0 Å². The lowest BCUT2D eigenvalue weighted by Gasteiger charge is -2.11. The van der Waals surface area contributed by atoms with Crippen LogP contribution in [0.15, 0.2) is 77.3 Å². The van der Waals surface area contributed by atoms with Crippen molar-refractivity contribution in [3.05, 3.63) is 94.2 Å². The zero-order chi connectivity index (χ0) is 18.5. The average molecular weight is 415 g/mol. The van der Waals surface area contributed by atoms with Crippen molar-refractivity contribution in [3.8, 4) is 11.5 Å². The maximum atomic E-state index is 13.7. The molecule has 0 N–H and O–H groups in total. The minimum Gasteiger partial charge on any atom is -0.419 e. The van der Waals surface area contributed by atoms with Crippen molar-refractivity contribution < 1.29 is 23.5 Å². The quantitative estimate of drug-likeness (QED) is 0.443. The third-order valence-corrected chi connectivity index (χ3v) is 3.90. The van der Waals surface area contributed by atoms with E-state index in [1.54, 1.807) is 36.4 Å². The zero-order valence-electron chi connectivity index (χ0n) is 13.3. The summed E-state index contributed by atoms with van der Waals surface area (Å²) < 4.78 is 25.0. The number of rotatable bonds is 4. The zero-order valence-corrected chi connectivity index (χ0v) is 14.9. The summed E-state index contributed by atoms with van der Waals surface area (Å²) in [5, 5.41) is 0. The lowest BCUT2D eigenvalue weighted by molar-refractivity contribution is 0.0679. The second-order valence-electron chi connectivity index (χ2n) is 5.22. The molecule has 0 spiro atoms. The van der Waals surface area contributed by atoms with Gasteiger partial charge in [0.15, 0.2) is 11.5 Å². The Labute approximate surface area is 157 Å². The van der Waals surface area contributed by atoms with Crippen LogP contribution in [0.3, 0.4) is 0 Å². The Morgan fingerprint density at radius 3 is 2.04 bits per heavy atom. The number of carbonyl (C=O) groups excluding carboxylic acids is 2. The molecule has 0 amide bonds. The standard InChI is InChI=1S/C20H12BrFO4/c21-14-7-5-6-13(12-14)19(23)25-17-10-3-4-11-18(17)26-20(24)15-8-1-2-9-16(15)22/h1-12H. The third-order valence-electron chi connectivity index (χ3n) is 3.41. The van der Waals surface area contributed by atoms with Crippen LogP contribution in [-0.2, 0) is 0 Å². The summed E-state index contributed by atoms with van der Waals surface area (Å²) >= 11 is 3.28. The number of halogens is 2. The van der Waals surface area contributed by atoms with E-state index in [-0.39, 0.29) is 17.1 Å². The number of esters is 2. The van der Waals surface area contributed by atoms with Crippen molar-refractivity contribution >= 4 is 27.9 Å². The molecule has 0 aliphatic carbocycles. The molecule has 0 radical (unpaired) electrons. The minimum absolute atomic E-state index is 0.0177. The molecule has 0 atom stereocenters. The normalized spacial score (nSPS) is 10.2. The fourth-order valence-electron chi connectivity index (χ4n) is 2.17. The van der Waals surface area contributed by atoms with Gasteiger partial charge in [-0.2, -0.15) is 0 Å². The van der Waals surface area contributed by atoms with Gasteiger partial charge in [-0.3, -0.25) is 0 Å². The van der Waals surface area contributed by atoms with Crippen molar-refractivity contribution in [2.45, 2.75) is 0 Å². The predicted octanol–water partition coefficient (Wildman–Crippen LogP) is 5.03. The van der Waals surface area contributed by atoms with E-state index in [1.807, 2.05) is 0 Å². The number of hydrogen-bond donors (Lipinski definition) is 0. The monoisotopic (exact) mass is 414 g/mol. The van der Waals surface area contributed by atoms with Crippen LogP contribution in [0, 0.1) is 5.82 Å². The Bertz CT molecular complexity index is 971. The molecule has 0 saturated carbocycles. The van der Waals surface area contributed by atoms with E-state index in [1.165, 1.54) is 30.3 Å². The molecule has 0 heterocycles. The molecule has 3 aromatic carbocycles. The lowest BCUT2D eigenvalue weighted by Crippen LogP contribution is -2.13. The maximum absolute atomic E-state index is 13.7. The molecule has 3 rings (SSSR count). The summed E-state index contributed by atoms with van der Waals surface area (Å²) in [4.78, 5) is 24.5. The van der Waals surface area contributed by atoms with Crippen molar-refractivity contribution in [2.75, 3.05) is 0 Å². The van der Waals surface area contributed by atoms with Crippen molar-refractivity contribution in [1.29, 1.82) is 0 Å². The van der Waals surface area contributed by atoms with Crippen LogP contribution in [-0.4, -0.2) is 11.9 Å². The molecule has 0 bridgehead atoms. The summed E-state index contributed by atoms with van der Waals surface area (Å²) in [6.07, 6.45) is 0. The Balaban J connectivity index is 1.81. The van der Waals surface area contributed by atoms with Crippen LogP contribution >= 0.6 is 15.9 Å². The van der Waals surface area contributed by atoms with E-state index >= 15 is 0 Å². The van der Waals surface area contributed by atoms with Crippen molar-refractivity contribution in [3.63, 3.8) is 0 Å². The molecule has 4 nitrogen and oxygen atoms in total. The molecule has 0 saturated heterocycles. The highest BCUT2D eigenvalue weighted by atomic mass is 79.9. The lowest BCUT2D eigenvalue weighted by atomic mass is 10.2. The molecular formula is C20H12BrFO4. The molecule has 0 fully saturated rings. The van der Waals surface area contributed by atoms with Crippen LogP contribution in [0.4, 0.5) is 4.39 Å². The first-order valence-electron chi connectivity index (χ1n) is 7.58. The molecule has 0 unspecified atom stereocenters. The summed E-state index contributed by atoms with van der Waals surface area (Å²) in [5.41, 5.74) is 0.121. The van der Waals surface area contributed by atoms with Gasteiger partial charge in [-0.1, -0.05) is 46.3 Å². The SMILES string of the molecule is O=C(Oc1ccccc1OC(=O)c1ccccc1F)c1cccc(Br)c1. The van der Waals surface area contributed by atoms with E-state index in [0.29, 0.717) is 5.56 Å². The van der Waals surface area contributed by atoms with Crippen molar-refractivity contribution in [1.82, 2.24) is 0 Å². The maximum Gasteiger partial charge on any atom is 0.346 e. The number of ether oxygens (including phenoxy) is 2. The Morgan fingerprint density at radius 2 is 1.38 bits per heavy atom. The van der Waals surface area contributed by atoms with Gasteiger partial charge in [-0.25, -0.2) is 14.0 Å². The summed E-state index contributed by atoms with van der Waals surface area (Å²) in [5.74, 6) is -2.11. The van der Waals surface area contributed by atoms with Crippen LogP contribution < -0.4 is 9.47 Å². The molecule has 0 aliphatic heterocycles. The minimum atomic E-state index is -0.881. The highest BCUT2D eigenvalue weighted by Crippen LogP contribution is 2.28. The number of benzene rings is 3. The summed E-state index contributed by atoms with van der Waals surface area (Å²) in [7, 11) is 0. The molecular weight excluding hydrogens is 403 g/mol. The van der Waals surface area contributed by atoms with Crippen LogP contribution in [0.25, 0.3) is 0 Å².